The van der Waals surface area contributed by atoms with Gasteiger partial charge in [-0.05, 0) is 0 Å². The molecule has 1 N–H and O–H groups in total. The Hall–Kier alpha value is -1.82. The quantitative estimate of drug-likeness (QED) is 0.653. The van der Waals surface area contributed by atoms with Gasteiger partial charge in [0, 0.05) is 13.0 Å². The van der Waals surface area contributed by atoms with Gasteiger partial charge >= 0.3 is 0 Å². The predicted octanol–water partition coefficient (Wildman–Crippen LogP) is 2.22. The normalized spacial score (nSPS) is 9.69. The Morgan fingerprint density at radius 1 is 1.56 bits per heavy atom. The molecule has 0 spiro atoms. The van der Waals surface area contributed by atoms with Crippen molar-refractivity contribution in [3.05, 3.63) is 27.3 Å². The number of carbonyl (C=O) groups excluding carboxylic acids is 1. The summed E-state index contributed by atoms with van der Waals surface area (Å²) in [5, 5.41) is 13.1. The van der Waals surface area contributed by atoms with E-state index in [2.05, 4.69) is 5.32 Å². The molecular formula is C9H9ClN2O4. The van der Waals surface area contributed by atoms with Crippen LogP contribution in [0, 0.1) is 10.1 Å². The molecule has 1 amide bonds. The van der Waals surface area contributed by atoms with Gasteiger partial charge < -0.3 is 10.1 Å². The van der Waals surface area contributed by atoms with Crippen LogP contribution in [0.15, 0.2) is 12.1 Å². The van der Waals surface area contributed by atoms with Crippen molar-refractivity contribution in [2.24, 2.45) is 0 Å². The molecule has 0 aromatic heterocycles. The van der Waals surface area contributed by atoms with Gasteiger partial charge in [-0.15, -0.1) is 0 Å². The molecule has 0 heterocycles. The molecule has 1 aromatic carbocycles. The Bertz CT molecular complexity index is 447. The summed E-state index contributed by atoms with van der Waals surface area (Å²) in [5.74, 6) is -0.180. The van der Waals surface area contributed by atoms with Gasteiger partial charge in [0.15, 0.2) is 0 Å². The van der Waals surface area contributed by atoms with Crippen LogP contribution in [0.25, 0.3) is 0 Å². The molecule has 7 heteroatoms. The average molecular weight is 245 g/mol. The largest absolute Gasteiger partial charge is 0.496 e. The second-order valence-corrected chi connectivity index (χ2v) is 3.35. The number of nitrogens with one attached hydrogen (secondary N) is 1. The summed E-state index contributed by atoms with van der Waals surface area (Å²) in [7, 11) is 1.37. The maximum absolute atomic E-state index is 10.9. The minimum Gasteiger partial charge on any atom is -0.496 e. The number of carbonyl (C=O) groups is 1. The number of nitro groups is 1. The predicted molar refractivity (Wildman–Crippen MR) is 59.0 cm³/mol. The van der Waals surface area contributed by atoms with Crippen LogP contribution in [0.1, 0.15) is 6.92 Å². The Kier molecular flexibility index (Phi) is 3.68. The van der Waals surface area contributed by atoms with Gasteiger partial charge in [0.1, 0.15) is 11.4 Å². The van der Waals surface area contributed by atoms with Crippen LogP contribution < -0.4 is 10.1 Å². The van der Waals surface area contributed by atoms with Gasteiger partial charge in [-0.3, -0.25) is 14.9 Å². The van der Waals surface area contributed by atoms with E-state index in [1.807, 2.05) is 0 Å². The molecule has 1 aromatic rings. The highest BCUT2D eigenvalue weighted by Gasteiger charge is 2.20. The maximum atomic E-state index is 10.9. The molecule has 0 unspecified atom stereocenters. The topological polar surface area (TPSA) is 81.5 Å². The molecule has 1 rings (SSSR count). The van der Waals surface area contributed by atoms with E-state index in [9.17, 15) is 14.9 Å². The zero-order valence-corrected chi connectivity index (χ0v) is 9.37. The third-order valence-electron chi connectivity index (χ3n) is 1.78. The fourth-order valence-corrected chi connectivity index (χ4v) is 1.38. The van der Waals surface area contributed by atoms with Crippen molar-refractivity contribution in [2.75, 3.05) is 12.4 Å². The number of ether oxygens (including phenoxy) is 1. The van der Waals surface area contributed by atoms with Gasteiger partial charge in [-0.2, -0.15) is 0 Å². The molecule has 86 valence electrons. The molecule has 0 atom stereocenters. The summed E-state index contributed by atoms with van der Waals surface area (Å²) in [5.41, 5.74) is -0.334. The first kappa shape index (κ1) is 12.3. The maximum Gasteiger partial charge on any atom is 0.298 e. The minimum atomic E-state index is -0.639. The van der Waals surface area contributed by atoms with Crippen LogP contribution in [0.4, 0.5) is 11.4 Å². The molecular weight excluding hydrogens is 236 g/mol. The van der Waals surface area contributed by atoms with E-state index < -0.39 is 10.8 Å². The van der Waals surface area contributed by atoms with Gasteiger partial charge in [-0.25, -0.2) is 0 Å². The lowest BCUT2D eigenvalue weighted by molar-refractivity contribution is -0.384. The summed E-state index contributed by atoms with van der Waals surface area (Å²) in [6.07, 6.45) is 0. The summed E-state index contributed by atoms with van der Waals surface area (Å²) < 4.78 is 4.84. The number of methoxy groups -OCH3 is 1. The number of amides is 1. The Morgan fingerprint density at radius 3 is 2.62 bits per heavy atom. The van der Waals surface area contributed by atoms with E-state index >= 15 is 0 Å². The SMILES string of the molecule is COc1cc(Cl)c(NC(C)=O)c([N+](=O)[O-])c1. The molecule has 0 aliphatic rings. The van der Waals surface area contributed by atoms with Crippen LogP contribution in [0.2, 0.25) is 5.02 Å². The van der Waals surface area contributed by atoms with Crippen molar-refractivity contribution in [3.8, 4) is 5.75 Å². The highest BCUT2D eigenvalue weighted by atomic mass is 35.5. The standard InChI is InChI=1S/C9H9ClN2O4/c1-5(13)11-9-7(10)3-6(16-2)4-8(9)12(14)15/h3-4H,1-2H3,(H,11,13). The lowest BCUT2D eigenvalue weighted by Crippen LogP contribution is -2.08. The fraction of sp³-hybridized carbons (Fsp3) is 0.222. The summed E-state index contributed by atoms with van der Waals surface area (Å²) in [4.78, 5) is 21.0. The molecule has 0 saturated carbocycles. The van der Waals surface area contributed by atoms with E-state index in [1.165, 1.54) is 26.2 Å². The molecule has 0 saturated heterocycles. The molecule has 0 radical (unpaired) electrons. The van der Waals surface area contributed by atoms with Crippen molar-refractivity contribution >= 4 is 28.9 Å². The Labute approximate surface area is 96.3 Å². The zero-order valence-electron chi connectivity index (χ0n) is 8.61. The lowest BCUT2D eigenvalue weighted by Gasteiger charge is -2.07. The van der Waals surface area contributed by atoms with Crippen LogP contribution in [-0.4, -0.2) is 17.9 Å². The summed E-state index contributed by atoms with van der Waals surface area (Å²) >= 11 is 5.80. The van der Waals surface area contributed by atoms with Crippen molar-refractivity contribution < 1.29 is 14.5 Å². The third-order valence-corrected chi connectivity index (χ3v) is 2.07. The van der Waals surface area contributed by atoms with Gasteiger partial charge in [0.05, 0.1) is 23.1 Å². The number of hydrogen-bond donors (Lipinski definition) is 1. The fourth-order valence-electron chi connectivity index (χ4n) is 1.13. The Morgan fingerprint density at radius 2 is 2.19 bits per heavy atom. The first-order chi connectivity index (χ1) is 7.45. The second kappa shape index (κ2) is 4.80. The van der Waals surface area contributed by atoms with E-state index in [4.69, 9.17) is 16.3 Å². The number of rotatable bonds is 3. The van der Waals surface area contributed by atoms with E-state index in [-0.39, 0.29) is 22.1 Å². The highest BCUT2D eigenvalue weighted by Crippen LogP contribution is 2.36. The van der Waals surface area contributed by atoms with Crippen molar-refractivity contribution in [3.63, 3.8) is 0 Å². The van der Waals surface area contributed by atoms with Crippen LogP contribution in [0.5, 0.6) is 5.75 Å². The van der Waals surface area contributed by atoms with Crippen LogP contribution in [0.3, 0.4) is 0 Å². The second-order valence-electron chi connectivity index (χ2n) is 2.94. The number of hydrogen-bond acceptors (Lipinski definition) is 4. The van der Waals surface area contributed by atoms with Crippen LogP contribution >= 0.6 is 11.6 Å². The minimum absolute atomic E-state index is 0.0278. The summed E-state index contributed by atoms with van der Waals surface area (Å²) in [6.45, 7) is 1.24. The van der Waals surface area contributed by atoms with Crippen molar-refractivity contribution in [2.45, 2.75) is 6.92 Å². The van der Waals surface area contributed by atoms with Crippen LogP contribution in [-0.2, 0) is 4.79 Å². The summed E-state index contributed by atoms with van der Waals surface area (Å²) in [6, 6.07) is 2.58. The smallest absolute Gasteiger partial charge is 0.298 e. The first-order valence-corrected chi connectivity index (χ1v) is 4.63. The Balaban J connectivity index is 3.33. The number of nitrogens with zero attached hydrogens (tertiary/aromatic N) is 1. The molecule has 0 bridgehead atoms. The lowest BCUT2D eigenvalue weighted by atomic mass is 10.2. The highest BCUT2D eigenvalue weighted by molar-refractivity contribution is 6.34. The molecule has 6 nitrogen and oxygen atoms in total. The number of anilines is 1. The average Bonchev–Trinajstić information content (AvgIpc) is 2.19. The van der Waals surface area contributed by atoms with E-state index in [1.54, 1.807) is 0 Å². The van der Waals surface area contributed by atoms with Crippen molar-refractivity contribution in [1.82, 2.24) is 0 Å². The number of benzene rings is 1. The van der Waals surface area contributed by atoms with Gasteiger partial charge in [0.2, 0.25) is 5.91 Å². The monoisotopic (exact) mass is 244 g/mol. The molecule has 0 fully saturated rings. The number of halogens is 1. The van der Waals surface area contributed by atoms with Gasteiger partial charge in [0.25, 0.3) is 5.69 Å². The van der Waals surface area contributed by atoms with E-state index in [0.29, 0.717) is 0 Å². The number of nitro benzene ring substituents is 1. The van der Waals surface area contributed by atoms with E-state index in [0.717, 1.165) is 0 Å². The molecule has 16 heavy (non-hydrogen) atoms. The first-order valence-electron chi connectivity index (χ1n) is 4.25. The zero-order chi connectivity index (χ0) is 12.3. The van der Waals surface area contributed by atoms with Gasteiger partial charge in [-0.1, -0.05) is 11.6 Å². The third kappa shape index (κ3) is 2.60. The van der Waals surface area contributed by atoms with Crippen molar-refractivity contribution in [1.29, 1.82) is 0 Å². The molecule has 0 aliphatic carbocycles. The molecule has 0 aliphatic heterocycles.